The van der Waals surface area contributed by atoms with Crippen molar-refractivity contribution in [3.63, 3.8) is 0 Å². The fraction of sp³-hybridized carbons (Fsp3) is 0.385. The second kappa shape index (κ2) is 5.61. The Balaban J connectivity index is 2.11. The molecule has 21 heavy (non-hydrogen) atoms. The van der Waals surface area contributed by atoms with Crippen LogP contribution in [0.1, 0.15) is 17.6 Å². The fourth-order valence-corrected chi connectivity index (χ4v) is 3.83. The van der Waals surface area contributed by atoms with Crippen molar-refractivity contribution in [1.29, 1.82) is 0 Å². The third-order valence-corrected chi connectivity index (χ3v) is 5.44. The van der Waals surface area contributed by atoms with Gasteiger partial charge in [0, 0.05) is 24.4 Å². The van der Waals surface area contributed by atoms with Crippen LogP contribution in [0.25, 0.3) is 10.2 Å². The molecule has 0 aromatic carbocycles. The van der Waals surface area contributed by atoms with Gasteiger partial charge in [-0.15, -0.1) is 21.5 Å². The summed E-state index contributed by atoms with van der Waals surface area (Å²) in [6.45, 7) is 4.08. The largest absolute Gasteiger partial charge is 0.357 e. The summed E-state index contributed by atoms with van der Waals surface area (Å²) in [6, 6.07) is 2.17. The molecular formula is C13H16N6S2. The minimum absolute atomic E-state index is 0.633. The summed E-state index contributed by atoms with van der Waals surface area (Å²) in [5.74, 6) is 1.52. The normalized spacial score (nSPS) is 11.2. The van der Waals surface area contributed by atoms with Crippen LogP contribution in [0.4, 0.5) is 5.95 Å². The lowest BCUT2D eigenvalue weighted by Gasteiger charge is -2.05. The average molecular weight is 320 g/mol. The maximum atomic E-state index is 4.58. The maximum Gasteiger partial charge on any atom is 0.224 e. The monoisotopic (exact) mass is 320 g/mol. The molecule has 0 aliphatic heterocycles. The Labute approximate surface area is 131 Å². The van der Waals surface area contributed by atoms with Gasteiger partial charge in [-0.2, -0.15) is 0 Å². The first-order chi connectivity index (χ1) is 10.1. The second-order valence-electron chi connectivity index (χ2n) is 4.58. The molecule has 0 fully saturated rings. The number of hydrogen-bond acceptors (Lipinski definition) is 7. The van der Waals surface area contributed by atoms with Crippen LogP contribution in [0.5, 0.6) is 0 Å². The predicted octanol–water partition coefficient (Wildman–Crippen LogP) is 2.88. The van der Waals surface area contributed by atoms with Gasteiger partial charge in [-0.3, -0.25) is 0 Å². The van der Waals surface area contributed by atoms with Crippen molar-refractivity contribution in [2.24, 2.45) is 7.05 Å². The van der Waals surface area contributed by atoms with Crippen LogP contribution >= 0.6 is 23.1 Å². The van der Waals surface area contributed by atoms with E-state index in [1.165, 1.54) is 16.6 Å². The number of nitrogens with one attached hydrogen (secondary N) is 1. The summed E-state index contributed by atoms with van der Waals surface area (Å²) >= 11 is 3.24. The predicted molar refractivity (Wildman–Crippen MR) is 86.2 cm³/mol. The van der Waals surface area contributed by atoms with Crippen LogP contribution in [-0.4, -0.2) is 31.8 Å². The lowest BCUT2D eigenvalue weighted by molar-refractivity contribution is 0.765. The van der Waals surface area contributed by atoms with Crippen LogP contribution in [0.3, 0.4) is 0 Å². The van der Waals surface area contributed by atoms with E-state index in [0.717, 1.165) is 32.6 Å². The molecule has 0 atom stereocenters. The van der Waals surface area contributed by atoms with Crippen LogP contribution in [0, 0.1) is 6.92 Å². The molecule has 0 aliphatic carbocycles. The first-order valence-electron chi connectivity index (χ1n) is 6.64. The highest BCUT2D eigenvalue weighted by atomic mass is 32.2. The zero-order chi connectivity index (χ0) is 15.0. The summed E-state index contributed by atoms with van der Waals surface area (Å²) in [5.41, 5.74) is 0. The quantitative estimate of drug-likeness (QED) is 0.746. The topological polar surface area (TPSA) is 68.5 Å². The van der Waals surface area contributed by atoms with E-state index in [-0.39, 0.29) is 0 Å². The molecule has 0 spiro atoms. The Hall–Kier alpha value is -1.67. The molecule has 3 aromatic rings. The number of nitrogens with zero attached hydrogens (tertiary/aromatic N) is 5. The summed E-state index contributed by atoms with van der Waals surface area (Å²) < 4.78 is 1.96. The van der Waals surface area contributed by atoms with Crippen molar-refractivity contribution < 1.29 is 0 Å². The van der Waals surface area contributed by atoms with E-state index in [1.54, 1.807) is 11.3 Å². The Kier molecular flexibility index (Phi) is 3.81. The number of thiophene rings is 1. The summed E-state index contributed by atoms with van der Waals surface area (Å²) in [4.78, 5) is 11.4. The van der Waals surface area contributed by atoms with Crippen molar-refractivity contribution >= 4 is 39.3 Å². The number of aromatic nitrogens is 5. The third kappa shape index (κ3) is 2.60. The molecule has 0 unspecified atom stereocenters. The van der Waals surface area contributed by atoms with E-state index in [1.807, 2.05) is 25.6 Å². The van der Waals surface area contributed by atoms with E-state index in [2.05, 4.69) is 38.5 Å². The molecule has 0 amide bonds. The molecular weight excluding hydrogens is 304 g/mol. The highest BCUT2D eigenvalue weighted by Gasteiger charge is 2.15. The molecule has 1 N–H and O–H groups in total. The third-order valence-electron chi connectivity index (χ3n) is 3.22. The number of anilines is 1. The highest BCUT2D eigenvalue weighted by Crippen LogP contribution is 2.35. The number of aryl methyl sites for hydroxylation is 2. The van der Waals surface area contributed by atoms with Crippen LogP contribution in [-0.2, 0) is 13.5 Å². The van der Waals surface area contributed by atoms with Gasteiger partial charge in [0.1, 0.15) is 15.7 Å². The van der Waals surface area contributed by atoms with Gasteiger partial charge < -0.3 is 9.88 Å². The fourth-order valence-electron chi connectivity index (χ4n) is 1.87. The van der Waals surface area contributed by atoms with E-state index < -0.39 is 0 Å². The molecule has 0 aliphatic rings. The smallest absolute Gasteiger partial charge is 0.224 e. The lowest BCUT2D eigenvalue weighted by Crippen LogP contribution is -1.98. The SMILES string of the molecule is CCc1cc2c(Sc3nnc(C)n3C)nc(NC)nc2s1. The van der Waals surface area contributed by atoms with Crippen LogP contribution in [0.15, 0.2) is 16.2 Å². The van der Waals surface area contributed by atoms with Crippen molar-refractivity contribution in [2.75, 3.05) is 12.4 Å². The van der Waals surface area contributed by atoms with Crippen molar-refractivity contribution in [3.05, 3.63) is 16.8 Å². The molecule has 3 rings (SSSR count). The van der Waals surface area contributed by atoms with Crippen LogP contribution < -0.4 is 5.32 Å². The van der Waals surface area contributed by atoms with E-state index in [9.17, 15) is 0 Å². The van der Waals surface area contributed by atoms with Gasteiger partial charge in [-0.25, -0.2) is 9.97 Å². The summed E-state index contributed by atoms with van der Waals surface area (Å²) in [6.07, 6.45) is 1.00. The van der Waals surface area contributed by atoms with Crippen molar-refractivity contribution in [1.82, 2.24) is 24.7 Å². The molecule has 0 saturated heterocycles. The minimum atomic E-state index is 0.633. The molecule has 3 aromatic heterocycles. The van der Waals surface area contributed by atoms with Gasteiger partial charge in [0.15, 0.2) is 5.16 Å². The second-order valence-corrected chi connectivity index (χ2v) is 6.65. The number of fused-ring (bicyclic) bond motifs is 1. The van der Waals surface area contributed by atoms with E-state index in [4.69, 9.17) is 0 Å². The molecule has 3 heterocycles. The van der Waals surface area contributed by atoms with E-state index in [0.29, 0.717) is 5.95 Å². The van der Waals surface area contributed by atoms with Crippen molar-refractivity contribution in [3.8, 4) is 0 Å². The molecule has 0 saturated carbocycles. The van der Waals surface area contributed by atoms with Gasteiger partial charge in [0.2, 0.25) is 5.95 Å². The summed E-state index contributed by atoms with van der Waals surface area (Å²) in [5, 5.41) is 14.1. The van der Waals surface area contributed by atoms with Gasteiger partial charge >= 0.3 is 0 Å². The zero-order valence-electron chi connectivity index (χ0n) is 12.3. The van der Waals surface area contributed by atoms with Gasteiger partial charge in [-0.1, -0.05) is 6.92 Å². The maximum absolute atomic E-state index is 4.58. The van der Waals surface area contributed by atoms with Crippen molar-refractivity contribution in [2.45, 2.75) is 30.5 Å². The Morgan fingerprint density at radius 2 is 2.14 bits per heavy atom. The molecule has 0 radical (unpaired) electrons. The molecule has 8 heteroatoms. The Morgan fingerprint density at radius 1 is 1.33 bits per heavy atom. The van der Waals surface area contributed by atoms with Gasteiger partial charge in [-0.05, 0) is 31.2 Å². The number of hydrogen-bond donors (Lipinski definition) is 1. The Bertz CT molecular complexity index is 791. The molecule has 0 bridgehead atoms. The standard InChI is InChI=1S/C13H16N6S2/c1-5-8-6-9-10(20-8)15-12(14-3)16-11(9)21-13-18-17-7(2)19(13)4/h6H,5H2,1-4H3,(H,14,15,16). The van der Waals surface area contributed by atoms with Crippen LogP contribution in [0.2, 0.25) is 0 Å². The molecule has 110 valence electrons. The Morgan fingerprint density at radius 3 is 2.76 bits per heavy atom. The first kappa shape index (κ1) is 14.3. The number of rotatable bonds is 4. The lowest BCUT2D eigenvalue weighted by atomic mass is 10.3. The zero-order valence-corrected chi connectivity index (χ0v) is 14.0. The highest BCUT2D eigenvalue weighted by molar-refractivity contribution is 7.99. The average Bonchev–Trinajstić information content (AvgIpc) is 3.05. The first-order valence-corrected chi connectivity index (χ1v) is 8.27. The summed E-state index contributed by atoms with van der Waals surface area (Å²) in [7, 11) is 3.79. The van der Waals surface area contributed by atoms with Gasteiger partial charge in [0.25, 0.3) is 0 Å². The van der Waals surface area contributed by atoms with Gasteiger partial charge in [0.05, 0.1) is 0 Å². The minimum Gasteiger partial charge on any atom is -0.357 e. The molecule has 6 nitrogen and oxygen atoms in total. The van der Waals surface area contributed by atoms with E-state index >= 15 is 0 Å².